The van der Waals surface area contributed by atoms with E-state index in [1.807, 2.05) is 24.3 Å². The summed E-state index contributed by atoms with van der Waals surface area (Å²) in [5.41, 5.74) is 5.12. The fourth-order valence-corrected chi connectivity index (χ4v) is 3.91. The molecule has 0 aliphatic heterocycles. The zero-order valence-electron chi connectivity index (χ0n) is 15.0. The normalized spacial score (nSPS) is 11.6. The van der Waals surface area contributed by atoms with E-state index in [-0.39, 0.29) is 0 Å². The van der Waals surface area contributed by atoms with Gasteiger partial charge in [0.25, 0.3) is 0 Å². The average molecular weight is 360 g/mol. The minimum atomic E-state index is 0.895. The summed E-state index contributed by atoms with van der Waals surface area (Å²) < 4.78 is 2.24. The van der Waals surface area contributed by atoms with Crippen LogP contribution >= 0.6 is 0 Å². The summed E-state index contributed by atoms with van der Waals surface area (Å²) in [6.07, 6.45) is 2.13. The SMILES string of the molecule is c1ccc2c(c1)ccn2-c1ccc(-n2nc3ccccc3n2)c2ccccc12. The van der Waals surface area contributed by atoms with E-state index in [1.165, 1.54) is 16.3 Å². The van der Waals surface area contributed by atoms with Crippen LogP contribution in [0, 0.1) is 0 Å². The van der Waals surface area contributed by atoms with E-state index in [9.17, 15) is 0 Å². The van der Waals surface area contributed by atoms with Gasteiger partial charge in [-0.2, -0.15) is 0 Å². The van der Waals surface area contributed by atoms with Gasteiger partial charge in [-0.3, -0.25) is 0 Å². The molecule has 4 heteroatoms. The van der Waals surface area contributed by atoms with Gasteiger partial charge in [-0.15, -0.1) is 15.0 Å². The number of fused-ring (bicyclic) bond motifs is 3. The zero-order valence-corrected chi connectivity index (χ0v) is 15.0. The third-order valence-corrected chi connectivity index (χ3v) is 5.24. The number of nitrogens with zero attached hydrogens (tertiary/aromatic N) is 4. The third-order valence-electron chi connectivity index (χ3n) is 5.24. The van der Waals surface area contributed by atoms with Crippen molar-refractivity contribution >= 4 is 32.7 Å². The van der Waals surface area contributed by atoms with Gasteiger partial charge < -0.3 is 4.57 Å². The van der Waals surface area contributed by atoms with Crippen LogP contribution in [0.2, 0.25) is 0 Å². The predicted molar refractivity (Wildman–Crippen MR) is 113 cm³/mol. The van der Waals surface area contributed by atoms with Gasteiger partial charge >= 0.3 is 0 Å². The number of para-hydroxylation sites is 1. The van der Waals surface area contributed by atoms with Crippen molar-refractivity contribution in [2.45, 2.75) is 0 Å². The highest BCUT2D eigenvalue weighted by Gasteiger charge is 2.12. The van der Waals surface area contributed by atoms with Crippen molar-refractivity contribution in [1.82, 2.24) is 19.6 Å². The fraction of sp³-hybridized carbons (Fsp3) is 0. The number of rotatable bonds is 2. The van der Waals surface area contributed by atoms with E-state index in [0.29, 0.717) is 0 Å². The minimum absolute atomic E-state index is 0.895. The Morgan fingerprint density at radius 1 is 0.536 bits per heavy atom. The molecule has 0 bridgehead atoms. The fourth-order valence-electron chi connectivity index (χ4n) is 3.91. The molecule has 0 atom stereocenters. The Morgan fingerprint density at radius 2 is 1.14 bits per heavy atom. The molecule has 0 N–H and O–H groups in total. The van der Waals surface area contributed by atoms with Crippen LogP contribution < -0.4 is 0 Å². The van der Waals surface area contributed by atoms with Crippen LogP contribution in [0.4, 0.5) is 0 Å². The number of aromatic nitrogens is 4. The molecule has 0 fully saturated rings. The largest absolute Gasteiger partial charge is 0.316 e. The van der Waals surface area contributed by atoms with Gasteiger partial charge in [0.05, 0.1) is 16.9 Å². The highest BCUT2D eigenvalue weighted by atomic mass is 15.5. The molecule has 2 heterocycles. The Kier molecular flexibility index (Phi) is 3.14. The van der Waals surface area contributed by atoms with E-state index in [0.717, 1.165) is 27.8 Å². The molecule has 132 valence electrons. The smallest absolute Gasteiger partial charge is 0.113 e. The van der Waals surface area contributed by atoms with Gasteiger partial charge in [0.15, 0.2) is 0 Å². The van der Waals surface area contributed by atoms with Crippen molar-refractivity contribution in [3.63, 3.8) is 0 Å². The van der Waals surface area contributed by atoms with Crippen LogP contribution in [-0.4, -0.2) is 19.6 Å². The Morgan fingerprint density at radius 3 is 1.93 bits per heavy atom. The van der Waals surface area contributed by atoms with Crippen molar-refractivity contribution in [2.75, 3.05) is 0 Å². The lowest BCUT2D eigenvalue weighted by atomic mass is 10.1. The quantitative estimate of drug-likeness (QED) is 0.408. The number of hydrogen-bond acceptors (Lipinski definition) is 2. The minimum Gasteiger partial charge on any atom is -0.316 e. The lowest BCUT2D eigenvalue weighted by molar-refractivity contribution is 0.771. The molecule has 0 radical (unpaired) electrons. The second-order valence-electron chi connectivity index (χ2n) is 6.87. The Hall–Kier alpha value is -3.92. The topological polar surface area (TPSA) is 35.6 Å². The van der Waals surface area contributed by atoms with Crippen LogP contribution in [0.5, 0.6) is 0 Å². The summed E-state index contributed by atoms with van der Waals surface area (Å²) >= 11 is 0. The first-order chi connectivity index (χ1) is 13.9. The van der Waals surface area contributed by atoms with Gasteiger partial charge in [0.1, 0.15) is 11.0 Å². The molecule has 0 unspecified atom stereocenters. The van der Waals surface area contributed by atoms with Gasteiger partial charge in [-0.25, -0.2) is 0 Å². The summed E-state index contributed by atoms with van der Waals surface area (Å²) in [5, 5.41) is 12.9. The highest BCUT2D eigenvalue weighted by molar-refractivity contribution is 5.98. The Balaban J connectivity index is 1.63. The van der Waals surface area contributed by atoms with Crippen LogP contribution in [0.3, 0.4) is 0 Å². The van der Waals surface area contributed by atoms with E-state index in [4.69, 9.17) is 0 Å². The van der Waals surface area contributed by atoms with Gasteiger partial charge in [-0.1, -0.05) is 54.6 Å². The molecule has 2 aromatic heterocycles. The summed E-state index contributed by atoms with van der Waals surface area (Å²) in [5.74, 6) is 0. The molecular formula is C24H16N4. The summed E-state index contributed by atoms with van der Waals surface area (Å²) in [6, 6.07) is 31.2. The van der Waals surface area contributed by atoms with Gasteiger partial charge in [0, 0.05) is 17.0 Å². The molecule has 6 aromatic rings. The van der Waals surface area contributed by atoms with Crippen molar-refractivity contribution in [1.29, 1.82) is 0 Å². The maximum Gasteiger partial charge on any atom is 0.113 e. The second kappa shape index (κ2) is 5.79. The molecule has 4 aromatic carbocycles. The van der Waals surface area contributed by atoms with Crippen LogP contribution in [0.15, 0.2) is 97.2 Å². The molecular weight excluding hydrogens is 344 g/mol. The Labute approximate surface area is 161 Å². The maximum absolute atomic E-state index is 4.67. The predicted octanol–water partition coefficient (Wildman–Crippen LogP) is 5.52. The van der Waals surface area contributed by atoms with Crippen molar-refractivity contribution in [2.24, 2.45) is 0 Å². The third kappa shape index (κ3) is 2.18. The van der Waals surface area contributed by atoms with Gasteiger partial charge in [-0.05, 0) is 41.8 Å². The van der Waals surface area contributed by atoms with Crippen molar-refractivity contribution in [3.05, 3.63) is 97.2 Å². The number of benzene rings is 4. The van der Waals surface area contributed by atoms with E-state index in [1.54, 1.807) is 4.80 Å². The van der Waals surface area contributed by atoms with E-state index < -0.39 is 0 Å². The molecule has 0 aliphatic rings. The first-order valence-corrected chi connectivity index (χ1v) is 9.29. The standard InChI is InChI=1S/C24H16N4/c1-6-12-22-17(7-1)15-16-27(22)23-13-14-24(19-9-3-2-8-18(19)23)28-25-20-10-4-5-11-21(20)26-28/h1-16H. The molecule has 0 aliphatic carbocycles. The molecule has 4 nitrogen and oxygen atoms in total. The average Bonchev–Trinajstić information content (AvgIpc) is 3.37. The summed E-state index contributed by atoms with van der Waals surface area (Å²) in [7, 11) is 0. The summed E-state index contributed by atoms with van der Waals surface area (Å²) in [6.45, 7) is 0. The van der Waals surface area contributed by atoms with E-state index >= 15 is 0 Å². The van der Waals surface area contributed by atoms with Crippen molar-refractivity contribution in [3.8, 4) is 11.4 Å². The Bertz CT molecular complexity index is 1440. The molecule has 0 spiro atoms. The maximum atomic E-state index is 4.67. The lowest BCUT2D eigenvalue weighted by Crippen LogP contribution is -2.02. The molecule has 0 amide bonds. The first-order valence-electron chi connectivity index (χ1n) is 9.29. The highest BCUT2D eigenvalue weighted by Crippen LogP contribution is 2.30. The second-order valence-corrected chi connectivity index (χ2v) is 6.87. The van der Waals surface area contributed by atoms with Gasteiger partial charge in [0.2, 0.25) is 0 Å². The number of hydrogen-bond donors (Lipinski definition) is 0. The lowest BCUT2D eigenvalue weighted by Gasteiger charge is -2.12. The molecule has 28 heavy (non-hydrogen) atoms. The van der Waals surface area contributed by atoms with Crippen LogP contribution in [0.25, 0.3) is 44.1 Å². The molecule has 0 saturated carbocycles. The van der Waals surface area contributed by atoms with Crippen LogP contribution in [-0.2, 0) is 0 Å². The monoisotopic (exact) mass is 360 g/mol. The van der Waals surface area contributed by atoms with E-state index in [2.05, 4.69) is 87.7 Å². The van der Waals surface area contributed by atoms with Crippen LogP contribution in [0.1, 0.15) is 0 Å². The summed E-state index contributed by atoms with van der Waals surface area (Å²) in [4.78, 5) is 1.74. The molecule has 6 rings (SSSR count). The van der Waals surface area contributed by atoms with Crippen molar-refractivity contribution < 1.29 is 0 Å². The zero-order chi connectivity index (χ0) is 18.5. The molecule has 0 saturated heterocycles. The first kappa shape index (κ1) is 15.2.